The summed E-state index contributed by atoms with van der Waals surface area (Å²) in [6.45, 7) is 7.83. The molecule has 3 rings (SSSR count). The van der Waals surface area contributed by atoms with Crippen molar-refractivity contribution < 1.29 is 14.3 Å². The summed E-state index contributed by atoms with van der Waals surface area (Å²) >= 11 is 0. The molecule has 1 heterocycles. The molecule has 0 bridgehead atoms. The van der Waals surface area contributed by atoms with Crippen molar-refractivity contribution in [1.82, 2.24) is 5.01 Å². The van der Waals surface area contributed by atoms with E-state index in [9.17, 15) is 9.59 Å². The zero-order valence-electron chi connectivity index (χ0n) is 12.1. The molecule has 0 N–H and O–H groups in total. The molecule has 3 aliphatic rings. The van der Waals surface area contributed by atoms with Crippen molar-refractivity contribution in [2.24, 2.45) is 28.3 Å². The molecule has 0 aromatic carbocycles. The molecule has 0 aromatic rings. The number of fused-ring (bicyclic) bond motifs is 3. The summed E-state index contributed by atoms with van der Waals surface area (Å²) < 4.78 is 5.00. The van der Waals surface area contributed by atoms with Gasteiger partial charge >= 0.3 is 5.97 Å². The number of hydrogen-bond acceptors (Lipinski definition) is 4. The molecule has 4 atom stereocenters. The summed E-state index contributed by atoms with van der Waals surface area (Å²) in [5.74, 6) is 0.412. The Balaban J connectivity index is 2.08. The molecular formula is C14H20N2O3. The fraction of sp³-hybridized carbons (Fsp3) is 0.786. The minimum atomic E-state index is -0.879. The highest BCUT2D eigenvalue weighted by atomic mass is 16.5. The second-order valence-corrected chi connectivity index (χ2v) is 6.62. The lowest BCUT2D eigenvalue weighted by Gasteiger charge is -2.36. The van der Waals surface area contributed by atoms with Crippen LogP contribution in [-0.2, 0) is 14.3 Å². The first-order valence-electron chi connectivity index (χ1n) is 6.72. The summed E-state index contributed by atoms with van der Waals surface area (Å²) in [6, 6.07) is 0. The van der Waals surface area contributed by atoms with Crippen molar-refractivity contribution in [3.8, 4) is 0 Å². The third kappa shape index (κ3) is 1.23. The third-order valence-electron chi connectivity index (χ3n) is 5.47. The molecule has 1 aliphatic heterocycles. The van der Waals surface area contributed by atoms with Crippen LogP contribution in [0.25, 0.3) is 0 Å². The molecule has 2 aliphatic carbocycles. The molecule has 104 valence electrons. The number of methoxy groups -OCH3 is 1. The maximum Gasteiger partial charge on any atom is 0.334 e. The Kier molecular flexibility index (Phi) is 2.25. The number of hydrogen-bond donors (Lipinski definition) is 0. The molecular weight excluding hydrogens is 244 g/mol. The van der Waals surface area contributed by atoms with Crippen molar-refractivity contribution in [1.29, 1.82) is 0 Å². The average molecular weight is 264 g/mol. The van der Waals surface area contributed by atoms with E-state index in [-0.39, 0.29) is 23.2 Å². The summed E-state index contributed by atoms with van der Waals surface area (Å²) in [4.78, 5) is 24.2. The quantitative estimate of drug-likeness (QED) is 0.673. The summed E-state index contributed by atoms with van der Waals surface area (Å²) in [6.07, 6.45) is 0.669. The Morgan fingerprint density at radius 3 is 2.58 bits per heavy atom. The van der Waals surface area contributed by atoms with E-state index in [1.165, 1.54) is 19.0 Å². The van der Waals surface area contributed by atoms with Crippen LogP contribution in [0.3, 0.4) is 0 Å². The molecule has 5 nitrogen and oxygen atoms in total. The Hall–Kier alpha value is -1.39. The second-order valence-electron chi connectivity index (χ2n) is 6.62. The Labute approximate surface area is 113 Å². The van der Waals surface area contributed by atoms with E-state index >= 15 is 0 Å². The van der Waals surface area contributed by atoms with E-state index in [1.807, 2.05) is 6.92 Å². The van der Waals surface area contributed by atoms with Gasteiger partial charge in [0.1, 0.15) is 0 Å². The van der Waals surface area contributed by atoms with Gasteiger partial charge in [-0.3, -0.25) is 4.79 Å². The fourth-order valence-corrected chi connectivity index (χ4v) is 4.56. The van der Waals surface area contributed by atoms with Crippen LogP contribution in [0.15, 0.2) is 5.10 Å². The zero-order valence-corrected chi connectivity index (χ0v) is 12.1. The van der Waals surface area contributed by atoms with Crippen LogP contribution in [0.2, 0.25) is 0 Å². The Morgan fingerprint density at radius 2 is 2.05 bits per heavy atom. The van der Waals surface area contributed by atoms with Crippen molar-refractivity contribution in [2.75, 3.05) is 7.11 Å². The predicted octanol–water partition coefficient (Wildman–Crippen LogP) is 1.43. The SMILES string of the molecule is COC(=O)C12CC3C(C1C(C)=NN2C(C)=O)C3(C)C. The van der Waals surface area contributed by atoms with Crippen molar-refractivity contribution in [3.05, 3.63) is 0 Å². The highest BCUT2D eigenvalue weighted by Gasteiger charge is 2.78. The van der Waals surface area contributed by atoms with Gasteiger partial charge in [0.2, 0.25) is 5.91 Å². The van der Waals surface area contributed by atoms with Crippen LogP contribution in [0, 0.1) is 23.2 Å². The Morgan fingerprint density at radius 1 is 1.42 bits per heavy atom. The number of carbonyl (C=O) groups excluding carboxylic acids is 2. The van der Waals surface area contributed by atoms with Gasteiger partial charge in [0, 0.05) is 18.6 Å². The highest BCUT2D eigenvalue weighted by Crippen LogP contribution is 2.74. The lowest BCUT2D eigenvalue weighted by atomic mass is 9.76. The van der Waals surface area contributed by atoms with E-state index in [2.05, 4.69) is 18.9 Å². The first-order valence-corrected chi connectivity index (χ1v) is 6.72. The van der Waals surface area contributed by atoms with Crippen LogP contribution in [0.4, 0.5) is 0 Å². The third-order valence-corrected chi connectivity index (χ3v) is 5.47. The van der Waals surface area contributed by atoms with E-state index in [0.29, 0.717) is 18.3 Å². The minimum Gasteiger partial charge on any atom is -0.467 e. The molecule has 1 amide bonds. The molecule has 2 fully saturated rings. The number of nitrogens with zero attached hydrogens (tertiary/aromatic N) is 2. The molecule has 5 heteroatoms. The summed E-state index contributed by atoms with van der Waals surface area (Å²) in [7, 11) is 1.38. The predicted molar refractivity (Wildman–Crippen MR) is 69.2 cm³/mol. The number of amides is 1. The molecule has 19 heavy (non-hydrogen) atoms. The lowest BCUT2D eigenvalue weighted by Crippen LogP contribution is -2.56. The van der Waals surface area contributed by atoms with Gasteiger partial charge in [-0.25, -0.2) is 9.80 Å². The van der Waals surface area contributed by atoms with E-state index in [4.69, 9.17) is 4.74 Å². The van der Waals surface area contributed by atoms with Crippen LogP contribution in [0.5, 0.6) is 0 Å². The summed E-state index contributed by atoms with van der Waals surface area (Å²) in [5.41, 5.74) is 0.250. The molecule has 0 saturated heterocycles. The monoisotopic (exact) mass is 264 g/mol. The molecule has 0 aromatic heterocycles. The number of carbonyl (C=O) groups is 2. The van der Waals surface area contributed by atoms with Gasteiger partial charge in [0.15, 0.2) is 5.54 Å². The van der Waals surface area contributed by atoms with Crippen molar-refractivity contribution in [3.63, 3.8) is 0 Å². The van der Waals surface area contributed by atoms with Gasteiger partial charge in [-0.2, -0.15) is 5.10 Å². The van der Waals surface area contributed by atoms with Crippen molar-refractivity contribution >= 4 is 17.6 Å². The Bertz CT molecular complexity index is 511. The van der Waals surface area contributed by atoms with Gasteiger partial charge < -0.3 is 4.74 Å². The number of rotatable bonds is 1. The number of esters is 1. The lowest BCUT2D eigenvalue weighted by molar-refractivity contribution is -0.162. The van der Waals surface area contributed by atoms with Gasteiger partial charge in [0.05, 0.1) is 7.11 Å². The van der Waals surface area contributed by atoms with E-state index in [1.54, 1.807) is 0 Å². The molecule has 0 radical (unpaired) electrons. The highest BCUT2D eigenvalue weighted by molar-refractivity contribution is 6.01. The smallest absolute Gasteiger partial charge is 0.334 e. The van der Waals surface area contributed by atoms with Crippen LogP contribution >= 0.6 is 0 Å². The molecule has 2 saturated carbocycles. The first kappa shape index (κ1) is 12.6. The number of hydrazone groups is 1. The van der Waals surface area contributed by atoms with Crippen LogP contribution < -0.4 is 0 Å². The van der Waals surface area contributed by atoms with Crippen LogP contribution in [-0.4, -0.2) is 35.2 Å². The summed E-state index contributed by atoms with van der Waals surface area (Å²) in [5, 5.41) is 5.73. The van der Waals surface area contributed by atoms with E-state index < -0.39 is 5.54 Å². The van der Waals surface area contributed by atoms with Crippen molar-refractivity contribution in [2.45, 2.75) is 39.7 Å². The normalized spacial score (nSPS) is 41.4. The zero-order chi connectivity index (χ0) is 14.2. The second kappa shape index (κ2) is 3.38. The average Bonchev–Trinajstić information content (AvgIpc) is 2.70. The first-order chi connectivity index (χ1) is 8.78. The molecule has 0 spiro atoms. The van der Waals surface area contributed by atoms with Crippen LogP contribution in [0.1, 0.15) is 34.1 Å². The van der Waals surface area contributed by atoms with E-state index in [0.717, 1.165) is 5.71 Å². The van der Waals surface area contributed by atoms with Gasteiger partial charge in [-0.15, -0.1) is 0 Å². The van der Waals surface area contributed by atoms with Gasteiger partial charge in [0.25, 0.3) is 0 Å². The standard InChI is InChI=1S/C14H20N2O3/c1-7-10-11-9(13(11,3)4)6-14(10,12(18)19-5)16(15-7)8(2)17/h9-11H,6H2,1-5H3. The fourth-order valence-electron chi connectivity index (χ4n) is 4.56. The molecule has 4 unspecified atom stereocenters. The maximum absolute atomic E-state index is 12.4. The maximum atomic E-state index is 12.4. The number of ether oxygens (including phenoxy) is 1. The van der Waals surface area contributed by atoms with Gasteiger partial charge in [-0.1, -0.05) is 13.8 Å². The topological polar surface area (TPSA) is 59.0 Å². The minimum absolute atomic E-state index is 0.0175. The van der Waals surface area contributed by atoms with Gasteiger partial charge in [-0.05, 0) is 30.6 Å². The largest absolute Gasteiger partial charge is 0.467 e.